The van der Waals surface area contributed by atoms with E-state index in [1.807, 2.05) is 5.32 Å². The highest BCUT2D eigenvalue weighted by Crippen LogP contribution is 2.29. The number of benzene rings is 2. The second-order valence-electron chi connectivity index (χ2n) is 4.92. The molecule has 2 aromatic rings. The van der Waals surface area contributed by atoms with Crippen LogP contribution in [0.1, 0.15) is 20.7 Å². The summed E-state index contributed by atoms with van der Waals surface area (Å²) < 4.78 is 59.4. The number of carboxylic acids is 1. The lowest BCUT2D eigenvalue weighted by atomic mass is 10.1. The quantitative estimate of drug-likeness (QED) is 0.414. The molecule has 0 atom stereocenters. The summed E-state index contributed by atoms with van der Waals surface area (Å²) in [6.45, 7) is 0. The summed E-state index contributed by atoms with van der Waals surface area (Å²) in [6.07, 6.45) is 0. The van der Waals surface area contributed by atoms with Crippen LogP contribution in [0.2, 0.25) is 0 Å². The van der Waals surface area contributed by atoms with Crippen molar-refractivity contribution in [3.63, 3.8) is 0 Å². The molecule has 2 aromatic carbocycles. The van der Waals surface area contributed by atoms with Crippen LogP contribution in [-0.4, -0.2) is 29.2 Å². The molecule has 0 aliphatic carbocycles. The van der Waals surface area contributed by atoms with E-state index in [1.54, 1.807) is 0 Å². The first kappa shape index (κ1) is 20.1. The van der Waals surface area contributed by atoms with Crippen molar-refractivity contribution < 1.29 is 37.0 Å². The highest BCUT2D eigenvalue weighted by atomic mass is 32.1. The Morgan fingerprint density at radius 2 is 1.59 bits per heavy atom. The molecular formula is C16H10F4N2O4S. The average Bonchev–Trinajstić information content (AvgIpc) is 2.61. The van der Waals surface area contributed by atoms with E-state index in [0.29, 0.717) is 0 Å². The number of anilines is 1. The number of carboxylic acid groups (broad SMARTS) is 1. The predicted molar refractivity (Wildman–Crippen MR) is 89.9 cm³/mol. The van der Waals surface area contributed by atoms with Gasteiger partial charge in [0.1, 0.15) is 5.56 Å². The maximum atomic E-state index is 13.9. The van der Waals surface area contributed by atoms with Gasteiger partial charge in [-0.15, -0.1) is 0 Å². The minimum atomic E-state index is -1.98. The number of thiocarbonyl (C=S) groups is 1. The predicted octanol–water partition coefficient (Wildman–Crippen LogP) is 3.08. The van der Waals surface area contributed by atoms with Crippen molar-refractivity contribution in [3.05, 3.63) is 58.7 Å². The van der Waals surface area contributed by atoms with E-state index in [9.17, 15) is 27.2 Å². The van der Waals surface area contributed by atoms with E-state index in [1.165, 1.54) is 24.3 Å². The van der Waals surface area contributed by atoms with Crippen LogP contribution in [0.4, 0.5) is 23.2 Å². The first-order valence-corrected chi connectivity index (χ1v) is 7.44. The standard InChI is InChI=1S/C16H10F4N2O4S/c1-26-13-11(19)9(17)8(10(18)12(13)20)14(23)22-16(27)21-7-5-3-2-4-6(7)15(24)25/h2-5H,1H3,(H,24,25)(H2,21,22,23,27). The molecule has 11 heteroatoms. The largest absolute Gasteiger partial charge is 0.491 e. The SMILES string of the molecule is COc1c(F)c(F)c(C(=O)NC(=S)Nc2ccccc2C(=O)O)c(F)c1F. The topological polar surface area (TPSA) is 87.7 Å². The fourth-order valence-corrected chi connectivity index (χ4v) is 2.29. The van der Waals surface area contributed by atoms with Crippen LogP contribution in [-0.2, 0) is 0 Å². The van der Waals surface area contributed by atoms with Gasteiger partial charge in [-0.1, -0.05) is 12.1 Å². The third kappa shape index (κ3) is 3.97. The van der Waals surface area contributed by atoms with Gasteiger partial charge in [0.15, 0.2) is 22.5 Å². The third-order valence-electron chi connectivity index (χ3n) is 3.29. The lowest BCUT2D eigenvalue weighted by Crippen LogP contribution is -2.36. The van der Waals surface area contributed by atoms with Crippen LogP contribution < -0.4 is 15.4 Å². The van der Waals surface area contributed by atoms with Gasteiger partial charge in [0.05, 0.1) is 18.4 Å². The van der Waals surface area contributed by atoms with Gasteiger partial charge in [0, 0.05) is 0 Å². The molecule has 0 heterocycles. The summed E-state index contributed by atoms with van der Waals surface area (Å²) in [5, 5.41) is 12.7. The molecule has 2 rings (SSSR count). The van der Waals surface area contributed by atoms with Crippen LogP contribution in [0.5, 0.6) is 5.75 Å². The van der Waals surface area contributed by atoms with Gasteiger partial charge in [0.2, 0.25) is 11.6 Å². The van der Waals surface area contributed by atoms with E-state index >= 15 is 0 Å². The Hall–Kier alpha value is -3.21. The molecule has 3 N–H and O–H groups in total. The van der Waals surface area contributed by atoms with Gasteiger partial charge in [-0.2, -0.15) is 8.78 Å². The number of ether oxygens (including phenoxy) is 1. The fourth-order valence-electron chi connectivity index (χ4n) is 2.09. The van der Waals surface area contributed by atoms with E-state index in [2.05, 4.69) is 10.1 Å². The van der Waals surface area contributed by atoms with Gasteiger partial charge in [0.25, 0.3) is 5.91 Å². The molecule has 0 aromatic heterocycles. The number of hydrogen-bond acceptors (Lipinski definition) is 4. The summed E-state index contributed by atoms with van der Waals surface area (Å²) in [6, 6.07) is 5.45. The first-order valence-electron chi connectivity index (χ1n) is 7.03. The van der Waals surface area contributed by atoms with Crippen molar-refractivity contribution >= 4 is 34.9 Å². The number of nitrogens with one attached hydrogen (secondary N) is 2. The Bertz CT molecular complexity index is 923. The number of carbonyl (C=O) groups is 2. The number of rotatable bonds is 4. The van der Waals surface area contributed by atoms with Crippen LogP contribution in [0.25, 0.3) is 0 Å². The molecule has 0 radical (unpaired) electrons. The van der Waals surface area contributed by atoms with Gasteiger partial charge in [-0.3, -0.25) is 10.1 Å². The lowest BCUT2D eigenvalue weighted by Gasteiger charge is -2.13. The van der Waals surface area contributed by atoms with Crippen molar-refractivity contribution in [2.75, 3.05) is 12.4 Å². The van der Waals surface area contributed by atoms with E-state index < -0.39 is 51.6 Å². The van der Waals surface area contributed by atoms with Crippen molar-refractivity contribution in [1.29, 1.82) is 0 Å². The zero-order valence-electron chi connectivity index (χ0n) is 13.4. The molecule has 142 valence electrons. The summed E-state index contributed by atoms with van der Waals surface area (Å²) in [5.74, 6) is -11.9. The number of halogens is 4. The molecule has 0 spiro atoms. The fraction of sp³-hybridized carbons (Fsp3) is 0.0625. The second-order valence-corrected chi connectivity index (χ2v) is 5.33. The minimum Gasteiger partial charge on any atom is -0.491 e. The van der Waals surface area contributed by atoms with Crippen LogP contribution in [0.3, 0.4) is 0 Å². The van der Waals surface area contributed by atoms with Crippen LogP contribution >= 0.6 is 12.2 Å². The van der Waals surface area contributed by atoms with Gasteiger partial charge in [-0.05, 0) is 24.4 Å². The number of aromatic carboxylic acids is 1. The summed E-state index contributed by atoms with van der Waals surface area (Å²) >= 11 is 4.77. The highest BCUT2D eigenvalue weighted by molar-refractivity contribution is 7.80. The van der Waals surface area contributed by atoms with Gasteiger partial charge in [-0.25, -0.2) is 13.6 Å². The molecule has 0 bridgehead atoms. The Morgan fingerprint density at radius 3 is 2.11 bits per heavy atom. The van der Waals surface area contributed by atoms with Crippen molar-refractivity contribution in [1.82, 2.24) is 5.32 Å². The van der Waals surface area contributed by atoms with Crippen molar-refractivity contribution in [2.45, 2.75) is 0 Å². The number of para-hydroxylation sites is 1. The first-order chi connectivity index (χ1) is 12.7. The van der Waals surface area contributed by atoms with Gasteiger partial charge < -0.3 is 15.2 Å². The lowest BCUT2D eigenvalue weighted by molar-refractivity contribution is 0.0697. The Labute approximate surface area is 154 Å². The van der Waals surface area contributed by atoms with Crippen molar-refractivity contribution in [2.24, 2.45) is 0 Å². The molecule has 0 saturated carbocycles. The zero-order valence-corrected chi connectivity index (χ0v) is 14.2. The molecule has 1 amide bonds. The number of hydrogen-bond donors (Lipinski definition) is 3. The third-order valence-corrected chi connectivity index (χ3v) is 3.49. The number of carbonyl (C=O) groups excluding carboxylic acids is 1. The number of amides is 1. The molecule has 0 saturated heterocycles. The van der Waals surface area contributed by atoms with E-state index in [4.69, 9.17) is 17.3 Å². The number of methoxy groups -OCH3 is 1. The second kappa shape index (κ2) is 7.99. The summed E-state index contributed by atoms with van der Waals surface area (Å²) in [7, 11) is 0.791. The molecule has 0 fully saturated rings. The molecule has 0 aliphatic rings. The molecule has 6 nitrogen and oxygen atoms in total. The smallest absolute Gasteiger partial charge is 0.337 e. The normalized spacial score (nSPS) is 10.3. The Kier molecular flexibility index (Phi) is 5.95. The van der Waals surface area contributed by atoms with Gasteiger partial charge >= 0.3 is 5.97 Å². The Morgan fingerprint density at radius 1 is 1.04 bits per heavy atom. The van der Waals surface area contributed by atoms with Crippen molar-refractivity contribution in [3.8, 4) is 5.75 Å². The minimum absolute atomic E-state index is 0.0247. The Balaban J connectivity index is 2.29. The molecular weight excluding hydrogens is 392 g/mol. The summed E-state index contributed by atoms with van der Waals surface area (Å²) in [4.78, 5) is 23.1. The monoisotopic (exact) mass is 402 g/mol. The maximum Gasteiger partial charge on any atom is 0.337 e. The van der Waals surface area contributed by atoms with Crippen LogP contribution in [0, 0.1) is 23.3 Å². The highest BCUT2D eigenvalue weighted by Gasteiger charge is 2.30. The molecule has 0 aliphatic heterocycles. The zero-order chi connectivity index (χ0) is 20.3. The molecule has 27 heavy (non-hydrogen) atoms. The van der Waals surface area contributed by atoms with E-state index in [-0.39, 0.29) is 11.3 Å². The van der Waals surface area contributed by atoms with E-state index in [0.717, 1.165) is 7.11 Å². The maximum absolute atomic E-state index is 13.9. The molecule has 0 unspecified atom stereocenters. The summed E-state index contributed by atoms with van der Waals surface area (Å²) in [5.41, 5.74) is -1.78. The average molecular weight is 402 g/mol. The van der Waals surface area contributed by atoms with Crippen LogP contribution in [0.15, 0.2) is 24.3 Å².